The van der Waals surface area contributed by atoms with Gasteiger partial charge in [-0.05, 0) is 0 Å². The van der Waals surface area contributed by atoms with Crippen molar-refractivity contribution in [1.29, 1.82) is 0 Å². The van der Waals surface area contributed by atoms with E-state index in [0.29, 0.717) is 35.8 Å². The molecule has 0 unspecified atom stereocenters. The zero-order valence-electron chi connectivity index (χ0n) is 8.22. The first kappa shape index (κ1) is 12.0. The van der Waals surface area contributed by atoms with Crippen LogP contribution >= 0.6 is 11.8 Å². The summed E-state index contributed by atoms with van der Waals surface area (Å²) in [6.45, 7) is 0.913. The summed E-state index contributed by atoms with van der Waals surface area (Å²) in [4.78, 5) is 7.99. The number of thioether (sulfide) groups is 1. The molecule has 15 heavy (non-hydrogen) atoms. The highest BCUT2D eigenvalue weighted by Gasteiger charge is 2.00. The Morgan fingerprint density at radius 1 is 1.27 bits per heavy atom. The van der Waals surface area contributed by atoms with E-state index < -0.39 is 0 Å². The van der Waals surface area contributed by atoms with Crippen molar-refractivity contribution in [3.8, 4) is 0 Å². The zero-order valence-corrected chi connectivity index (χ0v) is 9.04. The number of aliphatic hydroxyl groups is 1. The summed E-state index contributed by atoms with van der Waals surface area (Å²) in [5.41, 5.74) is 11.0. The molecular formula is C8H14N4O2S. The summed E-state index contributed by atoms with van der Waals surface area (Å²) in [5, 5.41) is 9.01. The third-order valence-corrected chi connectivity index (χ3v) is 2.25. The molecule has 1 aromatic heterocycles. The molecule has 84 valence electrons. The highest BCUT2D eigenvalue weighted by molar-refractivity contribution is 7.99. The number of nitrogens with zero attached hydrogens (tertiary/aromatic N) is 2. The number of hydrogen-bond donors (Lipinski definition) is 3. The average Bonchev–Trinajstić information content (AvgIpc) is 2.16. The van der Waals surface area contributed by atoms with Crippen molar-refractivity contribution in [2.45, 2.75) is 5.16 Å². The number of nitrogen functional groups attached to an aromatic ring is 2. The summed E-state index contributed by atoms with van der Waals surface area (Å²) in [6.07, 6.45) is 0. The molecule has 0 aliphatic carbocycles. The Labute approximate surface area is 92.0 Å². The fourth-order valence-corrected chi connectivity index (χ4v) is 1.61. The average molecular weight is 230 g/mol. The Morgan fingerprint density at radius 3 is 2.53 bits per heavy atom. The predicted molar refractivity (Wildman–Crippen MR) is 59.5 cm³/mol. The van der Waals surface area contributed by atoms with Gasteiger partial charge in [0.15, 0.2) is 5.16 Å². The van der Waals surface area contributed by atoms with Crippen LogP contribution in [0.15, 0.2) is 11.2 Å². The van der Waals surface area contributed by atoms with Gasteiger partial charge < -0.3 is 21.3 Å². The van der Waals surface area contributed by atoms with E-state index >= 15 is 0 Å². The molecule has 0 aliphatic heterocycles. The molecule has 0 spiro atoms. The molecule has 0 aromatic carbocycles. The SMILES string of the molecule is Nc1cc(N)nc(SCCOCCO)n1. The summed E-state index contributed by atoms with van der Waals surface area (Å²) in [7, 11) is 0. The van der Waals surface area contributed by atoms with Gasteiger partial charge in [-0.1, -0.05) is 11.8 Å². The molecule has 0 amide bonds. The van der Waals surface area contributed by atoms with Crippen LogP contribution in [0.25, 0.3) is 0 Å². The maximum absolute atomic E-state index is 8.47. The van der Waals surface area contributed by atoms with E-state index in [4.69, 9.17) is 21.3 Å². The van der Waals surface area contributed by atoms with E-state index in [-0.39, 0.29) is 6.61 Å². The van der Waals surface area contributed by atoms with Crippen molar-refractivity contribution >= 4 is 23.4 Å². The largest absolute Gasteiger partial charge is 0.394 e. The van der Waals surface area contributed by atoms with Gasteiger partial charge in [-0.3, -0.25) is 0 Å². The van der Waals surface area contributed by atoms with Gasteiger partial charge in [0.25, 0.3) is 0 Å². The molecule has 1 aromatic rings. The molecule has 5 N–H and O–H groups in total. The quantitative estimate of drug-likeness (QED) is 0.351. The van der Waals surface area contributed by atoms with Crippen LogP contribution in [0, 0.1) is 0 Å². The van der Waals surface area contributed by atoms with Gasteiger partial charge in [0.05, 0.1) is 19.8 Å². The Bertz CT molecular complexity index is 290. The number of hydrogen-bond acceptors (Lipinski definition) is 7. The third kappa shape index (κ3) is 4.82. The topological polar surface area (TPSA) is 107 Å². The van der Waals surface area contributed by atoms with Gasteiger partial charge in [-0.2, -0.15) is 0 Å². The smallest absolute Gasteiger partial charge is 0.191 e. The molecular weight excluding hydrogens is 216 g/mol. The molecule has 1 heterocycles. The van der Waals surface area contributed by atoms with Crippen molar-refractivity contribution < 1.29 is 9.84 Å². The number of aromatic nitrogens is 2. The Balaban J connectivity index is 2.31. The Kier molecular flexibility index (Phi) is 5.16. The summed E-state index contributed by atoms with van der Waals surface area (Å²) >= 11 is 1.41. The van der Waals surface area contributed by atoms with Gasteiger partial charge in [0.2, 0.25) is 0 Å². The maximum Gasteiger partial charge on any atom is 0.191 e. The molecule has 0 bridgehead atoms. The molecule has 0 saturated carbocycles. The minimum atomic E-state index is 0.0341. The zero-order chi connectivity index (χ0) is 11.1. The monoisotopic (exact) mass is 230 g/mol. The second-order valence-corrected chi connectivity index (χ2v) is 3.75. The van der Waals surface area contributed by atoms with Crippen LogP contribution in [-0.2, 0) is 4.74 Å². The highest BCUT2D eigenvalue weighted by atomic mass is 32.2. The van der Waals surface area contributed by atoms with Crippen molar-refractivity contribution in [2.24, 2.45) is 0 Å². The van der Waals surface area contributed by atoms with Crippen molar-refractivity contribution in [3.05, 3.63) is 6.07 Å². The third-order valence-electron chi connectivity index (χ3n) is 1.44. The van der Waals surface area contributed by atoms with E-state index in [1.807, 2.05) is 0 Å². The second kappa shape index (κ2) is 6.44. The lowest BCUT2D eigenvalue weighted by atomic mass is 10.5. The lowest BCUT2D eigenvalue weighted by Gasteiger charge is -2.03. The molecule has 0 fully saturated rings. The molecule has 0 aliphatic rings. The first-order valence-corrected chi connectivity index (χ1v) is 5.42. The minimum absolute atomic E-state index is 0.0341. The molecule has 1 rings (SSSR count). The van der Waals surface area contributed by atoms with E-state index in [9.17, 15) is 0 Å². The summed E-state index contributed by atoms with van der Waals surface area (Å²) in [5.74, 6) is 1.42. The van der Waals surface area contributed by atoms with Crippen LogP contribution < -0.4 is 11.5 Å². The minimum Gasteiger partial charge on any atom is -0.394 e. The molecule has 0 atom stereocenters. The van der Waals surface area contributed by atoms with Crippen LogP contribution in [0.4, 0.5) is 11.6 Å². The maximum atomic E-state index is 8.47. The van der Waals surface area contributed by atoms with Gasteiger partial charge in [-0.25, -0.2) is 9.97 Å². The lowest BCUT2D eigenvalue weighted by molar-refractivity contribution is 0.103. The number of anilines is 2. The van der Waals surface area contributed by atoms with Crippen molar-refractivity contribution in [1.82, 2.24) is 9.97 Å². The Morgan fingerprint density at radius 2 is 1.93 bits per heavy atom. The van der Waals surface area contributed by atoms with Crippen molar-refractivity contribution in [3.63, 3.8) is 0 Å². The van der Waals surface area contributed by atoms with Gasteiger partial charge >= 0.3 is 0 Å². The number of aliphatic hydroxyl groups excluding tert-OH is 1. The predicted octanol–water partition coefficient (Wildman–Crippen LogP) is -0.258. The van der Waals surface area contributed by atoms with Crippen LogP contribution in [0.1, 0.15) is 0 Å². The van der Waals surface area contributed by atoms with Crippen LogP contribution in [0.3, 0.4) is 0 Å². The first-order valence-electron chi connectivity index (χ1n) is 4.44. The van der Waals surface area contributed by atoms with Crippen LogP contribution in [0.5, 0.6) is 0 Å². The van der Waals surface area contributed by atoms with Gasteiger partial charge in [0.1, 0.15) is 11.6 Å². The fourth-order valence-electron chi connectivity index (χ4n) is 0.885. The number of nitrogens with two attached hydrogens (primary N) is 2. The van der Waals surface area contributed by atoms with Crippen LogP contribution in [-0.4, -0.2) is 40.6 Å². The summed E-state index contributed by atoms with van der Waals surface area (Å²) < 4.78 is 5.08. The number of ether oxygens (including phenoxy) is 1. The van der Waals surface area contributed by atoms with E-state index in [1.54, 1.807) is 0 Å². The number of rotatable bonds is 6. The first-order chi connectivity index (χ1) is 7.22. The molecule has 0 radical (unpaired) electrons. The highest BCUT2D eigenvalue weighted by Crippen LogP contribution is 2.15. The normalized spacial score (nSPS) is 10.5. The van der Waals surface area contributed by atoms with E-state index in [2.05, 4.69) is 9.97 Å². The van der Waals surface area contributed by atoms with E-state index in [0.717, 1.165) is 0 Å². The van der Waals surface area contributed by atoms with Crippen molar-refractivity contribution in [2.75, 3.05) is 37.0 Å². The molecule has 6 nitrogen and oxygen atoms in total. The fraction of sp³-hybridized carbons (Fsp3) is 0.500. The lowest BCUT2D eigenvalue weighted by Crippen LogP contribution is -2.04. The van der Waals surface area contributed by atoms with Gasteiger partial charge in [-0.15, -0.1) is 0 Å². The Hall–Kier alpha value is -1.05. The second-order valence-electron chi connectivity index (χ2n) is 2.68. The van der Waals surface area contributed by atoms with Gasteiger partial charge in [0, 0.05) is 11.8 Å². The molecule has 7 heteroatoms. The van der Waals surface area contributed by atoms with Crippen LogP contribution in [0.2, 0.25) is 0 Å². The standard InChI is InChI=1S/C8H14N4O2S/c9-6-5-7(10)12-8(11-6)15-4-3-14-2-1-13/h5,13H,1-4H2,(H4,9,10,11,12). The van der Waals surface area contributed by atoms with E-state index in [1.165, 1.54) is 17.8 Å². The molecule has 0 saturated heterocycles. The summed E-state index contributed by atoms with van der Waals surface area (Å²) in [6, 6.07) is 1.51.